The van der Waals surface area contributed by atoms with Crippen molar-refractivity contribution in [1.29, 1.82) is 0 Å². The standard InChI is InChI=1S/C18H22N9O14P3/c1-8(25-26-20)13-9(3-2-4-21-13)17(29)39-10-5-12(27-7-22-14-15(27)23-18(19)24-16(14)28)38-11(10)6-37-43(33,34)41-44(35,36)40-42(30,31)32/h2-4,7-8,10-12H,5-6H2,1H3,(H,33,34)(H,35,36)(H2,30,31,32)(H3,19,23,24,28)/t8?,10-,11-,12-/m1/s1. The summed E-state index contributed by atoms with van der Waals surface area (Å²) in [6.45, 7) is 0.500. The molecule has 26 heteroatoms. The van der Waals surface area contributed by atoms with Crippen LogP contribution >= 0.6 is 23.5 Å². The minimum Gasteiger partial charge on any atom is -0.456 e. The van der Waals surface area contributed by atoms with Crippen LogP contribution < -0.4 is 11.3 Å². The van der Waals surface area contributed by atoms with Crippen LogP contribution in [0.1, 0.15) is 41.7 Å². The van der Waals surface area contributed by atoms with Crippen LogP contribution in [0.5, 0.6) is 0 Å². The average Bonchev–Trinajstić information content (AvgIpc) is 3.49. The van der Waals surface area contributed by atoms with Crippen LogP contribution in [0, 0.1) is 0 Å². The van der Waals surface area contributed by atoms with Crippen molar-refractivity contribution in [3.63, 3.8) is 0 Å². The second-order valence-electron chi connectivity index (χ2n) is 8.79. The summed E-state index contributed by atoms with van der Waals surface area (Å²) in [5, 5.41) is 3.52. The number of fused-ring (bicyclic) bond motifs is 1. The van der Waals surface area contributed by atoms with Gasteiger partial charge < -0.3 is 34.8 Å². The zero-order chi connectivity index (χ0) is 32.4. The first-order valence-electron chi connectivity index (χ1n) is 11.8. The van der Waals surface area contributed by atoms with E-state index in [9.17, 15) is 33.1 Å². The number of phosphoric ester groups is 1. The number of esters is 1. The van der Waals surface area contributed by atoms with Gasteiger partial charge in [-0.25, -0.2) is 23.5 Å². The highest BCUT2D eigenvalue weighted by Gasteiger charge is 2.44. The fraction of sp³-hybridized carbons (Fsp3) is 0.389. The Morgan fingerprint density at radius 2 is 2.00 bits per heavy atom. The Balaban J connectivity index is 1.61. The summed E-state index contributed by atoms with van der Waals surface area (Å²) in [5.74, 6) is -1.24. The van der Waals surface area contributed by atoms with Gasteiger partial charge in [0.15, 0.2) is 11.2 Å². The number of nitrogens with one attached hydrogen (secondary N) is 1. The Morgan fingerprint density at radius 1 is 1.27 bits per heavy atom. The van der Waals surface area contributed by atoms with E-state index >= 15 is 0 Å². The maximum atomic E-state index is 13.2. The Morgan fingerprint density at radius 3 is 2.68 bits per heavy atom. The number of ether oxygens (including phenoxy) is 2. The van der Waals surface area contributed by atoms with Gasteiger partial charge in [0.25, 0.3) is 5.56 Å². The Labute approximate surface area is 244 Å². The van der Waals surface area contributed by atoms with E-state index in [2.05, 4.69) is 38.6 Å². The summed E-state index contributed by atoms with van der Waals surface area (Å²) in [4.78, 5) is 79.1. The molecule has 3 aromatic rings. The quantitative estimate of drug-likeness (QED) is 0.0516. The molecule has 0 spiro atoms. The molecule has 7 N–H and O–H groups in total. The molecule has 0 aliphatic carbocycles. The predicted molar refractivity (Wildman–Crippen MR) is 142 cm³/mol. The minimum atomic E-state index is -5.82. The second kappa shape index (κ2) is 12.8. The number of nitrogen functional groups attached to an aromatic ring is 1. The van der Waals surface area contributed by atoms with Gasteiger partial charge in [-0.1, -0.05) is 12.0 Å². The van der Waals surface area contributed by atoms with Crippen molar-refractivity contribution in [1.82, 2.24) is 24.5 Å². The highest BCUT2D eigenvalue weighted by molar-refractivity contribution is 7.66. The van der Waals surface area contributed by atoms with Gasteiger partial charge in [-0.15, -0.1) is 0 Å². The lowest BCUT2D eigenvalue weighted by atomic mass is 10.1. The third-order valence-electron chi connectivity index (χ3n) is 5.70. The Kier molecular flexibility index (Phi) is 9.72. The van der Waals surface area contributed by atoms with Crippen molar-refractivity contribution in [3.8, 4) is 0 Å². The van der Waals surface area contributed by atoms with Crippen LogP contribution in [0.3, 0.4) is 0 Å². The van der Waals surface area contributed by atoms with Gasteiger partial charge >= 0.3 is 29.4 Å². The minimum absolute atomic E-state index is 0.0346. The Bertz CT molecular complexity index is 1820. The van der Waals surface area contributed by atoms with Crippen LogP contribution in [0.2, 0.25) is 0 Å². The smallest absolute Gasteiger partial charge is 0.456 e. The molecule has 3 aromatic heterocycles. The maximum Gasteiger partial charge on any atom is 0.490 e. The first-order valence-corrected chi connectivity index (χ1v) is 16.4. The highest BCUT2D eigenvalue weighted by Crippen LogP contribution is 2.66. The topological polar surface area (TPSA) is 347 Å². The van der Waals surface area contributed by atoms with Crippen molar-refractivity contribution in [2.45, 2.75) is 37.8 Å². The van der Waals surface area contributed by atoms with Gasteiger partial charge in [0.05, 0.1) is 30.2 Å². The molecule has 44 heavy (non-hydrogen) atoms. The van der Waals surface area contributed by atoms with E-state index in [1.807, 2.05) is 0 Å². The number of phosphoric acid groups is 3. The van der Waals surface area contributed by atoms with Gasteiger partial charge in [-0.3, -0.25) is 23.9 Å². The summed E-state index contributed by atoms with van der Waals surface area (Å²) >= 11 is 0. The summed E-state index contributed by atoms with van der Waals surface area (Å²) in [6.07, 6.45) is -1.55. The molecule has 23 nitrogen and oxygen atoms in total. The SMILES string of the molecule is CC(N=[N+]=[N-])c1ncccc1C(=O)O[C@@H]1C[C@H](n2cnc3c(=O)[nH]c(N)nc32)O[C@@H]1COP(=O)(O)OP(=O)(O)OP(=O)(O)O. The van der Waals surface area contributed by atoms with Gasteiger partial charge in [-0.05, 0) is 17.7 Å². The number of hydrogen-bond donors (Lipinski definition) is 6. The normalized spacial score (nSPS) is 22.1. The molecule has 4 rings (SSSR count). The molecule has 6 atom stereocenters. The number of pyridine rings is 1. The highest BCUT2D eigenvalue weighted by atomic mass is 31.3. The van der Waals surface area contributed by atoms with Gasteiger partial charge in [0.2, 0.25) is 5.95 Å². The van der Waals surface area contributed by atoms with Crippen LogP contribution in [-0.4, -0.2) is 68.9 Å². The lowest BCUT2D eigenvalue weighted by Crippen LogP contribution is -2.31. The fourth-order valence-corrected chi connectivity index (χ4v) is 7.06. The van der Waals surface area contributed by atoms with E-state index in [0.29, 0.717) is 0 Å². The molecule has 1 saturated heterocycles. The molecule has 1 aliphatic rings. The van der Waals surface area contributed by atoms with E-state index in [-0.39, 0.29) is 34.8 Å². The van der Waals surface area contributed by atoms with Gasteiger partial charge in [0.1, 0.15) is 18.4 Å². The number of imidazole rings is 1. The number of rotatable bonds is 12. The third kappa shape index (κ3) is 8.13. The molecule has 0 radical (unpaired) electrons. The molecule has 4 heterocycles. The number of anilines is 1. The molecule has 0 aromatic carbocycles. The Hall–Kier alpha value is -3.55. The van der Waals surface area contributed by atoms with E-state index in [4.69, 9.17) is 35.0 Å². The number of carbonyl (C=O) groups is 1. The molecule has 3 unspecified atom stereocenters. The van der Waals surface area contributed by atoms with Crippen LogP contribution in [0.15, 0.2) is 34.6 Å². The van der Waals surface area contributed by atoms with E-state index in [1.54, 1.807) is 0 Å². The average molecular weight is 681 g/mol. The number of hydrogen-bond acceptors (Lipinski definition) is 15. The van der Waals surface area contributed by atoms with Crippen LogP contribution in [-0.2, 0) is 36.3 Å². The number of H-pyrrole nitrogens is 1. The number of nitrogens with two attached hydrogens (primary N) is 1. The molecule has 0 amide bonds. The summed E-state index contributed by atoms with van der Waals surface area (Å²) < 4.78 is 59.7. The first kappa shape index (κ1) is 33.3. The van der Waals surface area contributed by atoms with E-state index in [0.717, 1.165) is 0 Å². The zero-order valence-corrected chi connectivity index (χ0v) is 24.6. The van der Waals surface area contributed by atoms with E-state index in [1.165, 1.54) is 36.1 Å². The van der Waals surface area contributed by atoms with Gasteiger partial charge in [0, 0.05) is 17.5 Å². The van der Waals surface area contributed by atoms with Crippen molar-refractivity contribution in [2.75, 3.05) is 12.3 Å². The summed E-state index contributed by atoms with van der Waals surface area (Å²) in [7, 11) is -17.0. The summed E-state index contributed by atoms with van der Waals surface area (Å²) in [6, 6.07) is 1.86. The fourth-order valence-electron chi connectivity index (χ4n) is 4.03. The monoisotopic (exact) mass is 681 g/mol. The largest absolute Gasteiger partial charge is 0.490 e. The number of nitrogens with zero attached hydrogens (tertiary/aromatic N) is 7. The van der Waals surface area contributed by atoms with Crippen LogP contribution in [0.4, 0.5) is 5.95 Å². The number of aromatic nitrogens is 5. The first-order chi connectivity index (χ1) is 20.5. The molecular formula is C18H22N9O14P3. The predicted octanol–water partition coefficient (Wildman–Crippen LogP) is 1.32. The number of carbonyl (C=O) groups excluding carboxylic acids is 1. The van der Waals surface area contributed by atoms with Crippen molar-refractivity contribution >= 4 is 46.5 Å². The second-order valence-corrected chi connectivity index (χ2v) is 13.2. The molecule has 238 valence electrons. The zero-order valence-electron chi connectivity index (χ0n) is 22.0. The molecular weight excluding hydrogens is 659 g/mol. The van der Waals surface area contributed by atoms with Crippen molar-refractivity contribution in [3.05, 3.63) is 56.7 Å². The van der Waals surface area contributed by atoms with Crippen molar-refractivity contribution < 1.29 is 60.7 Å². The number of aromatic amines is 1. The molecule has 1 aliphatic heterocycles. The third-order valence-corrected chi connectivity index (χ3v) is 9.50. The lowest BCUT2D eigenvalue weighted by Gasteiger charge is -2.21. The molecule has 1 fully saturated rings. The summed E-state index contributed by atoms with van der Waals surface area (Å²) in [5.41, 5.74) is 13.5. The van der Waals surface area contributed by atoms with Gasteiger partial charge in [-0.2, -0.15) is 13.6 Å². The number of azide groups is 1. The molecule has 0 bridgehead atoms. The lowest BCUT2D eigenvalue weighted by molar-refractivity contribution is -0.0490. The van der Waals surface area contributed by atoms with Crippen molar-refractivity contribution in [2.24, 2.45) is 5.11 Å². The van der Waals surface area contributed by atoms with Crippen LogP contribution in [0.25, 0.3) is 21.6 Å². The maximum absolute atomic E-state index is 13.2. The molecule has 0 saturated carbocycles. The van der Waals surface area contributed by atoms with E-state index < -0.39 is 66.1 Å².